The highest BCUT2D eigenvalue weighted by atomic mass is 32.1. The fraction of sp³-hybridized carbons (Fsp3) is 0.167. The van der Waals surface area contributed by atoms with Crippen LogP contribution in [0.2, 0.25) is 0 Å². The molecule has 0 aliphatic heterocycles. The summed E-state index contributed by atoms with van der Waals surface area (Å²) in [6.07, 6.45) is 0.410. The number of phenolic OH excluding ortho intramolecular Hbond substituents is 1. The fourth-order valence-electron chi connectivity index (χ4n) is 2.59. The molecule has 0 aliphatic rings. The Bertz CT molecular complexity index is 796. The van der Waals surface area contributed by atoms with Crippen LogP contribution in [0.3, 0.4) is 0 Å². The molecule has 1 aromatic heterocycles. The average molecular weight is 311 g/mol. The molecule has 112 valence electrons. The monoisotopic (exact) mass is 311 g/mol. The SMILES string of the molecule is CCC(=O)N[C@@H](c1cccs1)c1c(O)ccc2ccccc12. The van der Waals surface area contributed by atoms with Crippen LogP contribution in [0.4, 0.5) is 0 Å². The van der Waals surface area contributed by atoms with E-state index in [1.165, 1.54) is 0 Å². The van der Waals surface area contributed by atoms with Crippen molar-refractivity contribution in [1.82, 2.24) is 5.32 Å². The maximum Gasteiger partial charge on any atom is 0.220 e. The number of benzene rings is 2. The Labute approximate surface area is 133 Å². The van der Waals surface area contributed by atoms with Crippen molar-refractivity contribution < 1.29 is 9.90 Å². The highest BCUT2D eigenvalue weighted by molar-refractivity contribution is 7.10. The second kappa shape index (κ2) is 6.20. The quantitative estimate of drug-likeness (QED) is 0.758. The van der Waals surface area contributed by atoms with Crippen molar-refractivity contribution >= 4 is 28.0 Å². The van der Waals surface area contributed by atoms with Gasteiger partial charge in [0.15, 0.2) is 0 Å². The largest absolute Gasteiger partial charge is 0.508 e. The maximum atomic E-state index is 11.9. The van der Waals surface area contributed by atoms with Gasteiger partial charge < -0.3 is 10.4 Å². The smallest absolute Gasteiger partial charge is 0.220 e. The molecular weight excluding hydrogens is 294 g/mol. The van der Waals surface area contributed by atoms with E-state index in [4.69, 9.17) is 0 Å². The number of fused-ring (bicyclic) bond motifs is 1. The van der Waals surface area contributed by atoms with Crippen molar-refractivity contribution in [3.05, 3.63) is 64.4 Å². The van der Waals surface area contributed by atoms with E-state index >= 15 is 0 Å². The van der Waals surface area contributed by atoms with Gasteiger partial charge in [0.2, 0.25) is 5.91 Å². The van der Waals surface area contributed by atoms with E-state index in [1.54, 1.807) is 17.4 Å². The molecule has 0 spiro atoms. The number of hydrogen-bond acceptors (Lipinski definition) is 3. The van der Waals surface area contributed by atoms with Crippen molar-refractivity contribution in [3.63, 3.8) is 0 Å². The third kappa shape index (κ3) is 2.70. The van der Waals surface area contributed by atoms with Crippen LogP contribution in [0, 0.1) is 0 Å². The average Bonchev–Trinajstić information content (AvgIpc) is 3.07. The molecule has 1 atom stereocenters. The first-order valence-corrected chi connectivity index (χ1v) is 8.12. The Morgan fingerprint density at radius 3 is 2.73 bits per heavy atom. The van der Waals surface area contributed by atoms with Gasteiger partial charge in [-0.15, -0.1) is 11.3 Å². The van der Waals surface area contributed by atoms with Gasteiger partial charge in [-0.1, -0.05) is 43.3 Å². The lowest BCUT2D eigenvalue weighted by atomic mass is 9.96. The Morgan fingerprint density at radius 2 is 2.00 bits per heavy atom. The molecule has 0 fully saturated rings. The summed E-state index contributed by atoms with van der Waals surface area (Å²) in [6.45, 7) is 1.82. The second-order valence-corrected chi connectivity index (χ2v) is 6.07. The van der Waals surface area contributed by atoms with Crippen LogP contribution >= 0.6 is 11.3 Å². The summed E-state index contributed by atoms with van der Waals surface area (Å²) in [6, 6.07) is 15.1. The number of carbonyl (C=O) groups excluding carboxylic acids is 1. The first-order valence-electron chi connectivity index (χ1n) is 7.24. The standard InChI is InChI=1S/C18H17NO2S/c1-2-16(21)19-18(15-8-5-11-22-15)17-13-7-4-3-6-12(13)9-10-14(17)20/h3-11,18,20H,2H2,1H3,(H,19,21)/t18-/m0/s1. The molecule has 2 N–H and O–H groups in total. The van der Waals surface area contributed by atoms with Crippen LogP contribution in [0.1, 0.15) is 29.8 Å². The lowest BCUT2D eigenvalue weighted by Gasteiger charge is -2.21. The summed E-state index contributed by atoms with van der Waals surface area (Å²) >= 11 is 1.57. The Balaban J connectivity index is 2.19. The van der Waals surface area contributed by atoms with E-state index in [2.05, 4.69) is 5.32 Å². The molecule has 0 saturated heterocycles. The van der Waals surface area contributed by atoms with Gasteiger partial charge in [-0.2, -0.15) is 0 Å². The number of phenols is 1. The van der Waals surface area contributed by atoms with Crippen molar-refractivity contribution in [2.75, 3.05) is 0 Å². The molecule has 22 heavy (non-hydrogen) atoms. The molecule has 1 heterocycles. The second-order valence-electron chi connectivity index (χ2n) is 5.09. The van der Waals surface area contributed by atoms with Gasteiger partial charge in [0.25, 0.3) is 0 Å². The molecule has 0 unspecified atom stereocenters. The van der Waals surface area contributed by atoms with Gasteiger partial charge in [-0.05, 0) is 28.3 Å². The predicted molar refractivity (Wildman–Crippen MR) is 90.2 cm³/mol. The van der Waals surface area contributed by atoms with Gasteiger partial charge in [-0.3, -0.25) is 4.79 Å². The van der Waals surface area contributed by atoms with E-state index in [9.17, 15) is 9.90 Å². The van der Waals surface area contributed by atoms with E-state index in [0.29, 0.717) is 6.42 Å². The molecule has 0 bridgehead atoms. The number of aromatic hydroxyl groups is 1. The first kappa shape index (κ1) is 14.6. The van der Waals surface area contributed by atoms with Crippen LogP contribution in [-0.4, -0.2) is 11.0 Å². The van der Waals surface area contributed by atoms with Crippen molar-refractivity contribution in [2.24, 2.45) is 0 Å². The van der Waals surface area contributed by atoms with Crippen molar-refractivity contribution in [1.29, 1.82) is 0 Å². The van der Waals surface area contributed by atoms with Gasteiger partial charge in [-0.25, -0.2) is 0 Å². The van der Waals surface area contributed by atoms with Crippen LogP contribution in [0.15, 0.2) is 53.9 Å². The van der Waals surface area contributed by atoms with Gasteiger partial charge in [0.05, 0.1) is 6.04 Å². The minimum atomic E-state index is -0.335. The molecular formula is C18H17NO2S. The number of thiophene rings is 1. The lowest BCUT2D eigenvalue weighted by Crippen LogP contribution is -2.28. The predicted octanol–water partition coefficient (Wildman–Crippen LogP) is 4.22. The van der Waals surface area contributed by atoms with E-state index < -0.39 is 0 Å². The van der Waals surface area contributed by atoms with E-state index in [-0.39, 0.29) is 17.7 Å². The molecule has 0 aliphatic carbocycles. The summed E-state index contributed by atoms with van der Waals surface area (Å²) in [5, 5.41) is 17.4. The molecule has 2 aromatic carbocycles. The lowest BCUT2D eigenvalue weighted by molar-refractivity contribution is -0.121. The molecule has 0 saturated carbocycles. The Hall–Kier alpha value is -2.33. The maximum absolute atomic E-state index is 11.9. The number of nitrogens with one attached hydrogen (secondary N) is 1. The summed E-state index contributed by atoms with van der Waals surface area (Å²) in [4.78, 5) is 13.0. The topological polar surface area (TPSA) is 49.3 Å². The first-order chi connectivity index (χ1) is 10.7. The number of hydrogen-bond donors (Lipinski definition) is 2. The summed E-state index contributed by atoms with van der Waals surface area (Å²) < 4.78 is 0. The summed E-state index contributed by atoms with van der Waals surface area (Å²) in [7, 11) is 0. The minimum Gasteiger partial charge on any atom is -0.508 e. The zero-order chi connectivity index (χ0) is 15.5. The van der Waals surface area contributed by atoms with E-state index in [0.717, 1.165) is 21.2 Å². The van der Waals surface area contributed by atoms with Gasteiger partial charge in [0, 0.05) is 16.9 Å². The normalized spacial score (nSPS) is 12.2. The van der Waals surface area contributed by atoms with Crippen LogP contribution in [0.5, 0.6) is 5.75 Å². The van der Waals surface area contributed by atoms with Crippen molar-refractivity contribution in [2.45, 2.75) is 19.4 Å². The number of amides is 1. The summed E-state index contributed by atoms with van der Waals surface area (Å²) in [5.41, 5.74) is 0.752. The molecule has 0 radical (unpaired) electrons. The van der Waals surface area contributed by atoms with Gasteiger partial charge >= 0.3 is 0 Å². The number of rotatable bonds is 4. The zero-order valence-electron chi connectivity index (χ0n) is 12.2. The number of carbonyl (C=O) groups is 1. The molecule has 4 heteroatoms. The zero-order valence-corrected chi connectivity index (χ0v) is 13.1. The Kier molecular flexibility index (Phi) is 4.11. The van der Waals surface area contributed by atoms with Gasteiger partial charge in [0.1, 0.15) is 5.75 Å². The Morgan fingerprint density at radius 1 is 1.18 bits per heavy atom. The fourth-order valence-corrected chi connectivity index (χ4v) is 3.38. The van der Waals surface area contributed by atoms with Crippen molar-refractivity contribution in [3.8, 4) is 5.75 Å². The third-order valence-electron chi connectivity index (χ3n) is 3.69. The molecule has 3 nitrogen and oxygen atoms in total. The summed E-state index contributed by atoms with van der Waals surface area (Å²) in [5.74, 6) is 0.166. The highest BCUT2D eigenvalue weighted by Gasteiger charge is 2.22. The van der Waals surface area contributed by atoms with Crippen LogP contribution in [-0.2, 0) is 4.79 Å². The molecule has 3 aromatic rings. The third-order valence-corrected chi connectivity index (χ3v) is 4.63. The molecule has 1 amide bonds. The van der Waals surface area contributed by atoms with E-state index in [1.807, 2.05) is 54.8 Å². The molecule has 3 rings (SSSR count). The highest BCUT2D eigenvalue weighted by Crippen LogP contribution is 2.37. The van der Waals surface area contributed by atoms with Crippen LogP contribution in [0.25, 0.3) is 10.8 Å². The minimum absolute atomic E-state index is 0.0364. The van der Waals surface area contributed by atoms with Crippen LogP contribution < -0.4 is 5.32 Å².